The Morgan fingerprint density at radius 3 is 2.33 bits per heavy atom. The largest absolute Gasteiger partial charge is 0.507 e. The highest BCUT2D eigenvalue weighted by molar-refractivity contribution is 6.34. The van der Waals surface area contributed by atoms with Crippen LogP contribution < -0.4 is 0 Å². The predicted molar refractivity (Wildman–Crippen MR) is 48.1 cm³/mol. The summed E-state index contributed by atoms with van der Waals surface area (Å²) >= 11 is 5.50. The van der Waals surface area contributed by atoms with Gasteiger partial charge in [-0.3, -0.25) is 4.79 Å². The SMILES string of the molecule is CC(=O)c1cc(C(F)(F)F)c(O)cc1Cl. The number of aromatic hydroxyl groups is 1. The molecule has 2 nitrogen and oxygen atoms in total. The summed E-state index contributed by atoms with van der Waals surface area (Å²) in [5, 5.41) is 8.82. The van der Waals surface area contributed by atoms with Crippen LogP contribution in [-0.4, -0.2) is 10.9 Å². The Bertz CT molecular complexity index is 413. The molecule has 82 valence electrons. The molecule has 0 aliphatic heterocycles. The minimum absolute atomic E-state index is 0.201. The van der Waals surface area contributed by atoms with E-state index >= 15 is 0 Å². The van der Waals surface area contributed by atoms with Crippen molar-refractivity contribution < 1.29 is 23.1 Å². The van der Waals surface area contributed by atoms with Crippen LogP contribution in [0, 0.1) is 0 Å². The van der Waals surface area contributed by atoms with E-state index in [4.69, 9.17) is 16.7 Å². The van der Waals surface area contributed by atoms with Gasteiger partial charge in [-0.15, -0.1) is 0 Å². The Hall–Kier alpha value is -1.23. The Morgan fingerprint density at radius 2 is 1.93 bits per heavy atom. The van der Waals surface area contributed by atoms with Gasteiger partial charge < -0.3 is 5.11 Å². The lowest BCUT2D eigenvalue weighted by molar-refractivity contribution is -0.138. The lowest BCUT2D eigenvalue weighted by Crippen LogP contribution is -2.07. The van der Waals surface area contributed by atoms with Crippen molar-refractivity contribution in [3.05, 3.63) is 28.3 Å². The summed E-state index contributed by atoms with van der Waals surface area (Å²) in [6.07, 6.45) is -4.71. The number of carbonyl (C=O) groups excluding carboxylic acids is 1. The van der Waals surface area contributed by atoms with E-state index in [-0.39, 0.29) is 10.6 Å². The third-order valence-electron chi connectivity index (χ3n) is 1.77. The topological polar surface area (TPSA) is 37.3 Å². The Kier molecular flexibility index (Phi) is 2.95. The minimum Gasteiger partial charge on any atom is -0.507 e. The standard InChI is InChI=1S/C9H6ClF3O2/c1-4(14)5-2-6(9(11,12)13)8(15)3-7(5)10/h2-3,15H,1H3. The molecule has 0 saturated heterocycles. The van der Waals surface area contributed by atoms with Crippen LogP contribution in [0.1, 0.15) is 22.8 Å². The fourth-order valence-electron chi connectivity index (χ4n) is 1.06. The van der Waals surface area contributed by atoms with Gasteiger partial charge in [0.25, 0.3) is 0 Å². The van der Waals surface area contributed by atoms with Crippen LogP contribution in [0.2, 0.25) is 5.02 Å². The molecule has 15 heavy (non-hydrogen) atoms. The second kappa shape index (κ2) is 3.73. The first-order valence-electron chi connectivity index (χ1n) is 3.84. The zero-order valence-electron chi connectivity index (χ0n) is 7.52. The van der Waals surface area contributed by atoms with Crippen molar-refractivity contribution in [2.75, 3.05) is 0 Å². The van der Waals surface area contributed by atoms with Crippen molar-refractivity contribution in [3.8, 4) is 5.75 Å². The average molecular weight is 239 g/mol. The summed E-state index contributed by atoms with van der Waals surface area (Å²) in [4.78, 5) is 10.9. The number of carbonyl (C=O) groups is 1. The molecule has 0 amide bonds. The van der Waals surface area contributed by atoms with Crippen molar-refractivity contribution in [2.45, 2.75) is 13.1 Å². The van der Waals surface area contributed by atoms with Crippen molar-refractivity contribution >= 4 is 17.4 Å². The van der Waals surface area contributed by atoms with Gasteiger partial charge in [0.1, 0.15) is 5.75 Å². The van der Waals surface area contributed by atoms with E-state index in [1.165, 1.54) is 0 Å². The number of rotatable bonds is 1. The Balaban J connectivity index is 3.43. The van der Waals surface area contributed by atoms with Crippen molar-refractivity contribution in [1.82, 2.24) is 0 Å². The second-order valence-corrected chi connectivity index (χ2v) is 3.31. The molecule has 0 fully saturated rings. The van der Waals surface area contributed by atoms with Crippen molar-refractivity contribution in [3.63, 3.8) is 0 Å². The summed E-state index contributed by atoms with van der Waals surface area (Å²) in [5.74, 6) is -1.58. The molecule has 0 aliphatic carbocycles. The van der Waals surface area contributed by atoms with E-state index in [1.54, 1.807) is 0 Å². The normalized spacial score (nSPS) is 11.5. The zero-order chi connectivity index (χ0) is 11.8. The van der Waals surface area contributed by atoms with Gasteiger partial charge >= 0.3 is 6.18 Å². The predicted octanol–water partition coefficient (Wildman–Crippen LogP) is 3.27. The second-order valence-electron chi connectivity index (χ2n) is 2.90. The number of ketones is 1. The highest BCUT2D eigenvalue weighted by Gasteiger charge is 2.35. The molecule has 0 atom stereocenters. The van der Waals surface area contributed by atoms with Gasteiger partial charge in [0.2, 0.25) is 0 Å². The van der Waals surface area contributed by atoms with E-state index in [0.717, 1.165) is 6.92 Å². The molecule has 1 aromatic rings. The van der Waals surface area contributed by atoms with Gasteiger partial charge in [0.15, 0.2) is 5.78 Å². The number of phenols is 1. The van der Waals surface area contributed by atoms with Crippen molar-refractivity contribution in [2.24, 2.45) is 0 Å². The Labute approximate surface area is 88.3 Å². The van der Waals surface area contributed by atoms with Crippen molar-refractivity contribution in [1.29, 1.82) is 0 Å². The minimum atomic E-state index is -4.71. The third kappa shape index (κ3) is 2.41. The molecule has 0 aromatic heterocycles. The van der Waals surface area contributed by atoms with E-state index in [2.05, 4.69) is 0 Å². The average Bonchev–Trinajstić information content (AvgIpc) is 2.00. The lowest BCUT2D eigenvalue weighted by Gasteiger charge is -2.10. The van der Waals surface area contributed by atoms with Crippen LogP contribution in [0.4, 0.5) is 13.2 Å². The summed E-state index contributed by atoms with van der Waals surface area (Å²) in [5.41, 5.74) is -1.53. The molecule has 0 heterocycles. The summed E-state index contributed by atoms with van der Waals surface area (Å²) in [6, 6.07) is 1.25. The number of Topliss-reactive ketones (excluding diaryl/α,β-unsaturated/α-hetero) is 1. The number of phenolic OH excluding ortho intramolecular Hbond substituents is 1. The van der Waals surface area contributed by atoms with Gasteiger partial charge in [0, 0.05) is 5.56 Å². The van der Waals surface area contributed by atoms with Gasteiger partial charge in [-0.05, 0) is 19.1 Å². The molecule has 1 aromatic carbocycles. The van der Waals surface area contributed by atoms with Crippen LogP contribution in [0.5, 0.6) is 5.75 Å². The van der Waals surface area contributed by atoms with E-state index in [1.807, 2.05) is 0 Å². The van der Waals surface area contributed by atoms with E-state index in [9.17, 15) is 18.0 Å². The Morgan fingerprint density at radius 1 is 1.40 bits per heavy atom. The maximum Gasteiger partial charge on any atom is 0.419 e. The van der Waals surface area contributed by atoms with E-state index in [0.29, 0.717) is 12.1 Å². The first-order valence-corrected chi connectivity index (χ1v) is 4.22. The smallest absolute Gasteiger partial charge is 0.419 e. The summed E-state index contributed by atoms with van der Waals surface area (Å²) < 4.78 is 36.9. The molecule has 1 N–H and O–H groups in total. The highest BCUT2D eigenvalue weighted by atomic mass is 35.5. The number of alkyl halides is 3. The van der Waals surface area contributed by atoms with Crippen LogP contribution in [0.25, 0.3) is 0 Å². The first kappa shape index (κ1) is 11.8. The molecular formula is C9H6ClF3O2. The molecule has 6 heteroatoms. The molecule has 0 unspecified atom stereocenters. The van der Waals surface area contributed by atoms with E-state index < -0.39 is 23.3 Å². The number of hydrogen-bond acceptors (Lipinski definition) is 2. The molecule has 0 radical (unpaired) electrons. The monoisotopic (exact) mass is 238 g/mol. The maximum atomic E-state index is 12.3. The lowest BCUT2D eigenvalue weighted by atomic mass is 10.1. The van der Waals surface area contributed by atoms with Crippen LogP contribution in [-0.2, 0) is 6.18 Å². The van der Waals surface area contributed by atoms with Gasteiger partial charge in [-0.25, -0.2) is 0 Å². The molecule has 0 spiro atoms. The van der Waals surface area contributed by atoms with Crippen LogP contribution >= 0.6 is 11.6 Å². The molecule has 0 aliphatic rings. The number of benzene rings is 1. The van der Waals surface area contributed by atoms with Gasteiger partial charge in [-0.2, -0.15) is 13.2 Å². The third-order valence-corrected chi connectivity index (χ3v) is 2.08. The molecule has 1 rings (SSSR count). The van der Waals surface area contributed by atoms with Crippen LogP contribution in [0.3, 0.4) is 0 Å². The molecule has 0 bridgehead atoms. The number of hydrogen-bond donors (Lipinski definition) is 1. The van der Waals surface area contributed by atoms with Gasteiger partial charge in [0.05, 0.1) is 10.6 Å². The number of halogens is 4. The summed E-state index contributed by atoms with van der Waals surface area (Å²) in [7, 11) is 0. The highest BCUT2D eigenvalue weighted by Crippen LogP contribution is 2.38. The fourth-order valence-corrected chi connectivity index (χ4v) is 1.35. The fraction of sp³-hybridized carbons (Fsp3) is 0.222. The molecular weight excluding hydrogens is 233 g/mol. The zero-order valence-corrected chi connectivity index (χ0v) is 8.28. The van der Waals surface area contributed by atoms with Gasteiger partial charge in [-0.1, -0.05) is 11.6 Å². The quantitative estimate of drug-likeness (QED) is 0.763. The first-order chi connectivity index (χ1) is 6.73. The summed E-state index contributed by atoms with van der Waals surface area (Å²) in [6.45, 7) is 1.10. The molecule has 0 saturated carbocycles. The van der Waals surface area contributed by atoms with Crippen LogP contribution in [0.15, 0.2) is 12.1 Å². The maximum absolute atomic E-state index is 12.3.